The number of aromatic amines is 1. The predicted molar refractivity (Wildman–Crippen MR) is 330 cm³/mol. The topological polar surface area (TPSA) is 240 Å². The molecule has 2 N–H and O–H groups in total. The molecule has 2 aliphatic heterocycles. The second-order valence-electron chi connectivity index (χ2n) is 25.0. The summed E-state index contributed by atoms with van der Waals surface area (Å²) in [4.78, 5) is 63.3. The Hall–Kier alpha value is -6.19. The first-order valence-electron chi connectivity index (χ1n) is 29.1. The van der Waals surface area contributed by atoms with Crippen LogP contribution in [0.4, 0.5) is 5.69 Å². The van der Waals surface area contributed by atoms with Crippen LogP contribution in [0.2, 0.25) is 18.1 Å². The Morgan fingerprint density at radius 2 is 1.43 bits per heavy atom. The van der Waals surface area contributed by atoms with Gasteiger partial charge in [0.15, 0.2) is 21.3 Å². The number of piperidine rings is 1. The molecule has 2 fully saturated rings. The van der Waals surface area contributed by atoms with E-state index in [9.17, 15) is 29.8 Å². The van der Waals surface area contributed by atoms with E-state index in [0.29, 0.717) is 29.9 Å². The number of nitriles is 1. The van der Waals surface area contributed by atoms with Gasteiger partial charge >= 0.3 is 5.69 Å². The largest absolute Gasteiger partial charge is 0.497 e. The maximum absolute atomic E-state index is 14.8. The number of rotatable bonds is 27. The molecule has 1 aromatic heterocycles. The van der Waals surface area contributed by atoms with Crippen molar-refractivity contribution in [3.8, 4) is 17.6 Å². The fourth-order valence-electron chi connectivity index (χ4n) is 11.4. The lowest BCUT2D eigenvalue weighted by molar-refractivity contribution is -0.386. The van der Waals surface area contributed by atoms with E-state index in [1.807, 2.05) is 139 Å². The van der Waals surface area contributed by atoms with Crippen molar-refractivity contribution in [2.75, 3.05) is 34.2 Å². The van der Waals surface area contributed by atoms with E-state index < -0.39 is 86.2 Å². The van der Waals surface area contributed by atoms with Crippen molar-refractivity contribution in [2.24, 2.45) is 0 Å². The van der Waals surface area contributed by atoms with Gasteiger partial charge in [-0.15, -0.1) is 0 Å². The lowest BCUT2D eigenvalue weighted by Crippen LogP contribution is -2.64. The number of amides is 1. The number of hydroxylamine groups is 2. The zero-order valence-corrected chi connectivity index (χ0v) is 54.2. The van der Waals surface area contributed by atoms with Gasteiger partial charge in [-0.05, 0) is 133 Å². The maximum Gasteiger partial charge on any atom is 0.330 e. The Balaban J connectivity index is 1.30. The van der Waals surface area contributed by atoms with Gasteiger partial charge in [0, 0.05) is 41.5 Å². The number of methoxy groups -OCH3 is 2. The van der Waals surface area contributed by atoms with Crippen molar-refractivity contribution in [1.82, 2.24) is 24.6 Å². The summed E-state index contributed by atoms with van der Waals surface area (Å²) in [6, 6.07) is 32.9. The summed E-state index contributed by atoms with van der Waals surface area (Å²) in [5.74, 6) is 0.550. The standard InChI is InChI=1S/C63H86N7O14PSi/c1-42(2)68(43(3)4)85(81-35-21-34-64)83-54-53(40-79-63(45-23-17-16-18-24-45,46-26-30-49(76-12)31-27-46)47-28-32-50(77-13)33-29-47)82-58(55(54)84-86(14,15)60(5,6)7)67-38-51(57(72)66-59(67)73)56(71)65-48-36-61(8,9)70(62(10,11)37-48)80-41-78-39-44-22-19-20-25-52(44)69(74)75/h16-20,22-33,38,42-43,48,53-55,58H,21,35-37,39-41H2,1-15H3,(H,65,71)(H,66,72,73). The SMILES string of the molecule is COc1ccc(C(OCC2OC(n3cc(C(=O)NC4CC(C)(C)N(OCOCc5ccccc5[N+](=O)[O-])C(C)(C)C4)c(=O)[nH]c3=O)C(O[Si](C)(C)C(C)(C)C)C2OP(OCCC#N)N(C(C)C)C(C)C)(c2ccccc2)c2ccc(OC)cc2)cc1. The van der Waals surface area contributed by atoms with Crippen LogP contribution in [-0.4, -0.2) is 120 Å². The average molecular weight is 1220 g/mol. The highest BCUT2D eigenvalue weighted by atomic mass is 31.2. The van der Waals surface area contributed by atoms with Crippen LogP contribution in [0.25, 0.3) is 0 Å². The zero-order chi connectivity index (χ0) is 62.9. The number of ether oxygens (including phenoxy) is 5. The van der Waals surface area contributed by atoms with E-state index in [2.05, 4.69) is 54.9 Å². The Bertz CT molecular complexity index is 3170. The van der Waals surface area contributed by atoms with Gasteiger partial charge in [0.2, 0.25) is 0 Å². The van der Waals surface area contributed by atoms with E-state index in [1.54, 1.807) is 32.4 Å². The first-order chi connectivity index (χ1) is 40.6. The summed E-state index contributed by atoms with van der Waals surface area (Å²) in [7, 11) is -1.67. The number of carbonyl (C=O) groups excluding carboxylic acids is 1. The van der Waals surface area contributed by atoms with Crippen LogP contribution in [0.3, 0.4) is 0 Å². The van der Waals surface area contributed by atoms with Gasteiger partial charge in [0.1, 0.15) is 41.0 Å². The van der Waals surface area contributed by atoms with Crippen molar-refractivity contribution in [3.63, 3.8) is 0 Å². The molecule has 0 saturated carbocycles. The third-order valence-electron chi connectivity index (χ3n) is 16.2. The van der Waals surface area contributed by atoms with Gasteiger partial charge in [0.25, 0.3) is 25.7 Å². The minimum Gasteiger partial charge on any atom is -0.497 e. The molecule has 0 bridgehead atoms. The fraction of sp³-hybridized carbons (Fsp3) is 0.524. The first-order valence-corrected chi connectivity index (χ1v) is 33.1. The molecular formula is C63H86N7O14PSi. The monoisotopic (exact) mass is 1220 g/mol. The summed E-state index contributed by atoms with van der Waals surface area (Å²) in [6.45, 7) is 26.1. The smallest absolute Gasteiger partial charge is 0.330 e. The minimum atomic E-state index is -2.89. The second-order valence-corrected chi connectivity index (χ2v) is 31.2. The molecule has 466 valence electrons. The number of nitrogens with zero attached hydrogens (tertiary/aromatic N) is 5. The van der Waals surface area contributed by atoms with Crippen LogP contribution in [0, 0.1) is 21.4 Å². The zero-order valence-electron chi connectivity index (χ0n) is 52.3. The van der Waals surface area contributed by atoms with Crippen LogP contribution < -0.4 is 26.0 Å². The van der Waals surface area contributed by atoms with Crippen LogP contribution in [-0.2, 0) is 44.7 Å². The van der Waals surface area contributed by atoms with Crippen molar-refractivity contribution in [3.05, 3.63) is 168 Å². The molecule has 5 atom stereocenters. The van der Waals surface area contributed by atoms with E-state index in [0.717, 1.165) is 16.7 Å². The quantitative estimate of drug-likeness (QED) is 0.00944. The van der Waals surface area contributed by atoms with E-state index in [4.69, 9.17) is 42.0 Å². The third-order valence-corrected chi connectivity index (χ3v) is 22.8. The van der Waals surface area contributed by atoms with Crippen LogP contribution >= 0.6 is 8.53 Å². The molecule has 5 aromatic rings. The van der Waals surface area contributed by atoms with Crippen molar-refractivity contribution >= 4 is 28.4 Å². The second kappa shape index (κ2) is 28.3. The van der Waals surface area contributed by atoms with Gasteiger partial charge < -0.3 is 42.5 Å². The van der Waals surface area contributed by atoms with Gasteiger partial charge in [0.05, 0.1) is 57.0 Å². The van der Waals surface area contributed by atoms with E-state index in [-0.39, 0.29) is 61.4 Å². The molecule has 2 aliphatic rings. The molecule has 3 heterocycles. The summed E-state index contributed by atoms with van der Waals surface area (Å²) < 4.78 is 56.6. The highest BCUT2D eigenvalue weighted by Gasteiger charge is 2.55. The van der Waals surface area contributed by atoms with Crippen LogP contribution in [0.15, 0.2) is 119 Å². The summed E-state index contributed by atoms with van der Waals surface area (Å²) in [5.41, 5.74) is -2.20. The molecule has 5 unspecified atom stereocenters. The predicted octanol–water partition coefficient (Wildman–Crippen LogP) is 11.3. The normalized spacial score (nSPS) is 19.6. The van der Waals surface area contributed by atoms with E-state index in [1.165, 1.54) is 16.8 Å². The highest BCUT2D eigenvalue weighted by Crippen LogP contribution is 2.53. The molecule has 23 heteroatoms. The summed E-state index contributed by atoms with van der Waals surface area (Å²) in [6.07, 6.45) is -2.46. The number of H-pyrrole nitrogens is 1. The Morgan fingerprint density at radius 1 is 0.872 bits per heavy atom. The van der Waals surface area contributed by atoms with Crippen molar-refractivity contribution in [2.45, 2.75) is 180 Å². The molecule has 7 rings (SSSR count). The van der Waals surface area contributed by atoms with Crippen LogP contribution in [0.5, 0.6) is 11.5 Å². The number of nitro benzene ring substituents is 1. The molecule has 1 amide bonds. The van der Waals surface area contributed by atoms with Crippen molar-refractivity contribution in [1.29, 1.82) is 5.26 Å². The summed E-state index contributed by atoms with van der Waals surface area (Å²) >= 11 is 0. The number of nitrogens with one attached hydrogen (secondary N) is 2. The minimum absolute atomic E-state index is 0.0452. The van der Waals surface area contributed by atoms with Gasteiger partial charge in [-0.2, -0.15) is 10.3 Å². The van der Waals surface area contributed by atoms with Crippen LogP contribution in [0.1, 0.15) is 134 Å². The first kappa shape index (κ1) is 67.3. The number of para-hydroxylation sites is 1. The average Bonchev–Trinajstić information content (AvgIpc) is 1.41. The lowest BCUT2D eigenvalue weighted by atomic mass is 9.79. The number of hydrogen-bond donors (Lipinski definition) is 2. The fourth-order valence-corrected chi connectivity index (χ4v) is 14.4. The number of benzene rings is 4. The number of hydrogen-bond acceptors (Lipinski definition) is 17. The summed E-state index contributed by atoms with van der Waals surface area (Å²) in [5, 5.41) is 25.9. The molecule has 0 radical (unpaired) electrons. The molecular weight excluding hydrogens is 1140 g/mol. The Kier molecular flexibility index (Phi) is 22.2. The Morgan fingerprint density at radius 3 is 1.97 bits per heavy atom. The molecule has 0 spiro atoms. The third kappa shape index (κ3) is 15.4. The number of aromatic nitrogens is 2. The van der Waals surface area contributed by atoms with Gasteiger partial charge in [-0.25, -0.2) is 9.46 Å². The molecule has 86 heavy (non-hydrogen) atoms. The molecule has 2 saturated heterocycles. The van der Waals surface area contributed by atoms with Crippen molar-refractivity contribution < 1.29 is 51.7 Å². The maximum atomic E-state index is 14.8. The molecule has 4 aromatic carbocycles. The lowest BCUT2D eigenvalue weighted by Gasteiger charge is -2.53. The van der Waals surface area contributed by atoms with Gasteiger partial charge in [-0.3, -0.25) is 34.1 Å². The molecule has 21 nitrogen and oxygen atoms in total. The number of carbonyl (C=O) groups is 1. The highest BCUT2D eigenvalue weighted by molar-refractivity contribution is 7.44. The Labute approximate surface area is 507 Å². The molecule has 0 aliphatic carbocycles. The van der Waals surface area contributed by atoms with E-state index >= 15 is 0 Å². The number of nitro groups is 1. The van der Waals surface area contributed by atoms with Gasteiger partial charge in [-0.1, -0.05) is 87.5 Å².